The van der Waals surface area contributed by atoms with Crippen molar-refractivity contribution >= 4 is 7.32 Å². The van der Waals surface area contributed by atoms with Crippen LogP contribution in [0, 0.1) is 5.92 Å². The molecule has 0 saturated carbocycles. The predicted octanol–water partition coefficient (Wildman–Crippen LogP) is 1.33. The Morgan fingerprint density at radius 2 is 2.33 bits per heavy atom. The van der Waals surface area contributed by atoms with Crippen LogP contribution in [0.15, 0.2) is 0 Å². The highest BCUT2D eigenvalue weighted by molar-refractivity contribution is 6.37. The van der Waals surface area contributed by atoms with Gasteiger partial charge in [-0.3, -0.25) is 5.26 Å². The van der Waals surface area contributed by atoms with Crippen molar-refractivity contribution in [1.82, 2.24) is 0 Å². The summed E-state index contributed by atoms with van der Waals surface area (Å²) in [6, 6.07) is 0. The Bertz CT molecular complexity index is 180. The van der Waals surface area contributed by atoms with Crippen LogP contribution in [0.4, 0.5) is 0 Å². The molecule has 6 heteroatoms. The second kappa shape index (κ2) is 6.45. The van der Waals surface area contributed by atoms with E-state index in [1.165, 1.54) is 7.11 Å². The van der Waals surface area contributed by atoms with Crippen molar-refractivity contribution in [2.75, 3.05) is 13.7 Å². The molecular formula is C9H19BO5. The third kappa shape index (κ3) is 3.73. The van der Waals surface area contributed by atoms with Crippen molar-refractivity contribution in [3.8, 4) is 0 Å². The quantitative estimate of drug-likeness (QED) is 0.414. The first-order valence-electron chi connectivity index (χ1n) is 5.31. The molecule has 1 aliphatic rings. The fraction of sp³-hybridized carbons (Fsp3) is 1.00. The standard InChI is InChI=1S/C9H19BO5/c1-4-7(2)9(15-11)5-8-6-13-10(12-3)14-8/h7-9,11H,4-6H2,1-3H3. The van der Waals surface area contributed by atoms with Crippen molar-refractivity contribution in [2.24, 2.45) is 5.92 Å². The molecule has 0 spiro atoms. The van der Waals surface area contributed by atoms with Crippen molar-refractivity contribution in [2.45, 2.75) is 38.9 Å². The van der Waals surface area contributed by atoms with Gasteiger partial charge >= 0.3 is 7.32 Å². The highest BCUT2D eigenvalue weighted by Gasteiger charge is 2.35. The van der Waals surface area contributed by atoms with Crippen LogP contribution < -0.4 is 0 Å². The van der Waals surface area contributed by atoms with Gasteiger partial charge in [-0.2, -0.15) is 0 Å². The monoisotopic (exact) mass is 218 g/mol. The summed E-state index contributed by atoms with van der Waals surface area (Å²) in [5, 5.41) is 8.78. The van der Waals surface area contributed by atoms with Crippen LogP contribution in [0.1, 0.15) is 26.7 Å². The molecule has 1 rings (SSSR count). The number of hydrogen-bond donors (Lipinski definition) is 1. The second-order valence-corrected chi connectivity index (χ2v) is 3.88. The molecular weight excluding hydrogens is 199 g/mol. The topological polar surface area (TPSA) is 57.2 Å². The molecule has 0 amide bonds. The van der Waals surface area contributed by atoms with Gasteiger partial charge in [-0.1, -0.05) is 20.3 Å². The highest BCUT2D eigenvalue weighted by atomic mass is 17.1. The molecule has 0 radical (unpaired) electrons. The molecule has 3 unspecified atom stereocenters. The Kier molecular flexibility index (Phi) is 5.56. The van der Waals surface area contributed by atoms with Gasteiger partial charge in [0, 0.05) is 13.5 Å². The molecule has 0 aromatic rings. The minimum absolute atomic E-state index is 0.0684. The van der Waals surface area contributed by atoms with Gasteiger partial charge in [-0.05, 0) is 5.92 Å². The molecule has 1 aliphatic heterocycles. The molecule has 1 heterocycles. The lowest BCUT2D eigenvalue weighted by Gasteiger charge is -2.21. The summed E-state index contributed by atoms with van der Waals surface area (Å²) in [6.07, 6.45) is 1.29. The lowest BCUT2D eigenvalue weighted by molar-refractivity contribution is -0.293. The SMILES string of the molecule is CCC(C)C(CC1COB(OC)O1)OO. The molecule has 0 aromatic heterocycles. The highest BCUT2D eigenvalue weighted by Crippen LogP contribution is 2.21. The van der Waals surface area contributed by atoms with E-state index in [-0.39, 0.29) is 12.2 Å². The maximum atomic E-state index is 8.78. The zero-order chi connectivity index (χ0) is 11.3. The van der Waals surface area contributed by atoms with Gasteiger partial charge in [-0.15, -0.1) is 0 Å². The fourth-order valence-corrected chi connectivity index (χ4v) is 1.57. The number of rotatable bonds is 6. The maximum Gasteiger partial charge on any atom is 0.639 e. The van der Waals surface area contributed by atoms with E-state index in [0.717, 1.165) is 6.42 Å². The first kappa shape index (κ1) is 12.9. The van der Waals surface area contributed by atoms with E-state index >= 15 is 0 Å². The first-order chi connectivity index (χ1) is 7.21. The van der Waals surface area contributed by atoms with Crippen LogP contribution in [0.25, 0.3) is 0 Å². The van der Waals surface area contributed by atoms with Crippen molar-refractivity contribution in [1.29, 1.82) is 0 Å². The molecule has 88 valence electrons. The molecule has 0 bridgehead atoms. The van der Waals surface area contributed by atoms with Gasteiger partial charge in [0.15, 0.2) is 0 Å². The van der Waals surface area contributed by atoms with E-state index in [9.17, 15) is 0 Å². The van der Waals surface area contributed by atoms with Gasteiger partial charge in [0.1, 0.15) is 0 Å². The fourth-order valence-electron chi connectivity index (χ4n) is 1.57. The van der Waals surface area contributed by atoms with Gasteiger partial charge in [-0.25, -0.2) is 4.89 Å². The molecule has 0 aromatic carbocycles. The summed E-state index contributed by atoms with van der Waals surface area (Å²) in [5.74, 6) is 0.292. The predicted molar refractivity (Wildman–Crippen MR) is 55.2 cm³/mol. The molecule has 1 N–H and O–H groups in total. The Morgan fingerprint density at radius 3 is 2.80 bits per heavy atom. The van der Waals surface area contributed by atoms with Gasteiger partial charge < -0.3 is 14.0 Å². The van der Waals surface area contributed by atoms with Gasteiger partial charge in [0.25, 0.3) is 0 Å². The minimum atomic E-state index is -0.578. The zero-order valence-electron chi connectivity index (χ0n) is 9.51. The smallest absolute Gasteiger partial charge is 0.389 e. The van der Waals surface area contributed by atoms with E-state index in [2.05, 4.69) is 11.8 Å². The summed E-state index contributed by atoms with van der Waals surface area (Å²) in [6.45, 7) is 4.57. The average Bonchev–Trinajstić information content (AvgIpc) is 2.72. The van der Waals surface area contributed by atoms with Crippen LogP contribution in [0.5, 0.6) is 0 Å². The molecule has 3 atom stereocenters. The lowest BCUT2D eigenvalue weighted by Crippen LogP contribution is -2.28. The third-order valence-electron chi connectivity index (χ3n) is 2.82. The third-order valence-corrected chi connectivity index (χ3v) is 2.82. The normalized spacial score (nSPS) is 25.6. The van der Waals surface area contributed by atoms with E-state index in [1.807, 2.05) is 6.92 Å². The molecule has 1 fully saturated rings. The van der Waals surface area contributed by atoms with E-state index in [4.69, 9.17) is 19.2 Å². The Balaban J connectivity index is 2.33. The summed E-state index contributed by atoms with van der Waals surface area (Å²) in [4.78, 5) is 4.46. The average molecular weight is 218 g/mol. The zero-order valence-corrected chi connectivity index (χ0v) is 9.51. The summed E-state index contributed by atoms with van der Waals surface area (Å²) in [7, 11) is 0.952. The maximum absolute atomic E-state index is 8.78. The van der Waals surface area contributed by atoms with Gasteiger partial charge in [0.05, 0.1) is 18.8 Å². The van der Waals surface area contributed by atoms with E-state index < -0.39 is 7.32 Å². The van der Waals surface area contributed by atoms with E-state index in [1.54, 1.807) is 0 Å². The van der Waals surface area contributed by atoms with Crippen molar-refractivity contribution < 1.29 is 24.1 Å². The van der Waals surface area contributed by atoms with Crippen LogP contribution in [-0.2, 0) is 18.9 Å². The largest absolute Gasteiger partial charge is 0.639 e. The Hall–Kier alpha value is -0.135. The number of hydrogen-bond acceptors (Lipinski definition) is 5. The van der Waals surface area contributed by atoms with Gasteiger partial charge in [0.2, 0.25) is 0 Å². The molecule has 15 heavy (non-hydrogen) atoms. The van der Waals surface area contributed by atoms with Crippen LogP contribution in [0.2, 0.25) is 0 Å². The minimum Gasteiger partial charge on any atom is -0.389 e. The lowest BCUT2D eigenvalue weighted by atomic mass is 9.97. The van der Waals surface area contributed by atoms with E-state index in [0.29, 0.717) is 18.9 Å². The molecule has 1 saturated heterocycles. The summed E-state index contributed by atoms with van der Waals surface area (Å²) < 4.78 is 15.5. The molecule has 5 nitrogen and oxygen atoms in total. The first-order valence-corrected chi connectivity index (χ1v) is 5.31. The van der Waals surface area contributed by atoms with Crippen LogP contribution in [-0.4, -0.2) is 38.5 Å². The Morgan fingerprint density at radius 1 is 1.60 bits per heavy atom. The van der Waals surface area contributed by atoms with Crippen LogP contribution in [0.3, 0.4) is 0 Å². The molecule has 0 aliphatic carbocycles. The summed E-state index contributed by atoms with van der Waals surface area (Å²) in [5.41, 5.74) is 0. The summed E-state index contributed by atoms with van der Waals surface area (Å²) >= 11 is 0. The van der Waals surface area contributed by atoms with Crippen LogP contribution >= 0.6 is 0 Å². The second-order valence-electron chi connectivity index (χ2n) is 3.88. The van der Waals surface area contributed by atoms with Crippen molar-refractivity contribution in [3.63, 3.8) is 0 Å². The Labute approximate surface area is 90.8 Å². The van der Waals surface area contributed by atoms with Crippen molar-refractivity contribution in [3.05, 3.63) is 0 Å².